The van der Waals surface area contributed by atoms with E-state index in [1.807, 2.05) is 45.0 Å². The molecular formula is C26H32N8O4. The van der Waals surface area contributed by atoms with E-state index in [0.717, 1.165) is 17.7 Å². The number of fused-ring (bicyclic) bond motifs is 1. The summed E-state index contributed by atoms with van der Waals surface area (Å²) in [6, 6.07) is 10.6. The van der Waals surface area contributed by atoms with E-state index < -0.39 is 17.4 Å². The van der Waals surface area contributed by atoms with E-state index in [1.165, 1.54) is 0 Å². The second kappa shape index (κ2) is 11.0. The zero-order chi connectivity index (χ0) is 27.4. The number of likely N-dealkylation sites (N-methyl/N-ethyl adjacent to an activating group) is 1. The number of hydrogen-bond acceptors (Lipinski definition) is 8. The summed E-state index contributed by atoms with van der Waals surface area (Å²) < 4.78 is 5.62. The van der Waals surface area contributed by atoms with Gasteiger partial charge in [0.15, 0.2) is 6.61 Å². The Morgan fingerprint density at radius 2 is 1.95 bits per heavy atom. The first kappa shape index (κ1) is 26.8. The highest BCUT2D eigenvalue weighted by Gasteiger charge is 2.52. The maximum absolute atomic E-state index is 13.3. The molecule has 0 bridgehead atoms. The molecule has 3 aromatic rings. The van der Waals surface area contributed by atoms with Gasteiger partial charge >= 0.3 is 0 Å². The summed E-state index contributed by atoms with van der Waals surface area (Å²) in [5.74, 6) is -1.06. The van der Waals surface area contributed by atoms with Crippen molar-refractivity contribution in [3.05, 3.63) is 53.3 Å². The largest absolute Gasteiger partial charge is 0.484 e. The molecule has 6 N–H and O–H groups in total. The van der Waals surface area contributed by atoms with Crippen LogP contribution >= 0.6 is 0 Å². The number of amides is 3. The highest BCUT2D eigenvalue weighted by atomic mass is 16.5. The van der Waals surface area contributed by atoms with Crippen molar-refractivity contribution in [3.63, 3.8) is 0 Å². The third-order valence-corrected chi connectivity index (χ3v) is 6.21. The molecule has 1 atom stereocenters. The van der Waals surface area contributed by atoms with Crippen LogP contribution in [0.5, 0.6) is 5.75 Å². The summed E-state index contributed by atoms with van der Waals surface area (Å²) in [5, 5.41) is 8.56. The van der Waals surface area contributed by atoms with Crippen LogP contribution in [0.15, 0.2) is 41.4 Å². The molecule has 0 saturated heterocycles. The number of benzene rings is 2. The molecule has 1 aromatic heterocycles. The van der Waals surface area contributed by atoms with Gasteiger partial charge in [-0.2, -0.15) is 0 Å². The van der Waals surface area contributed by atoms with Gasteiger partial charge in [-0.25, -0.2) is 4.98 Å². The number of rotatable bonds is 10. The van der Waals surface area contributed by atoms with Gasteiger partial charge in [0.1, 0.15) is 17.3 Å². The zero-order valence-electron chi connectivity index (χ0n) is 21.8. The van der Waals surface area contributed by atoms with E-state index >= 15 is 0 Å². The van der Waals surface area contributed by atoms with Gasteiger partial charge in [0, 0.05) is 24.8 Å². The summed E-state index contributed by atoms with van der Waals surface area (Å²) in [5.41, 5.74) is 7.58. The number of nitrogens with zero attached hydrogens (tertiary/aromatic N) is 3. The lowest BCUT2D eigenvalue weighted by Gasteiger charge is -2.25. The summed E-state index contributed by atoms with van der Waals surface area (Å²) >= 11 is 0. The molecule has 4 rings (SSSR count). The molecule has 2 heterocycles. The summed E-state index contributed by atoms with van der Waals surface area (Å²) in [6.07, 6.45) is 0. The normalized spacial score (nSPS) is 16.9. The van der Waals surface area contributed by atoms with Crippen LogP contribution in [0.4, 0.5) is 5.69 Å². The Hall–Kier alpha value is -4.29. The Kier molecular flexibility index (Phi) is 7.74. The minimum Gasteiger partial charge on any atom is -0.484 e. The predicted octanol–water partition coefficient (Wildman–Crippen LogP) is 0.557. The molecule has 2 aromatic carbocycles. The minimum absolute atomic E-state index is 0.00686. The van der Waals surface area contributed by atoms with Crippen LogP contribution in [0.1, 0.15) is 17.0 Å². The molecule has 1 aliphatic rings. The molecule has 0 radical (unpaired) electrons. The number of aromatic amines is 1. The Labute approximate surface area is 220 Å². The van der Waals surface area contributed by atoms with Crippen molar-refractivity contribution in [1.82, 2.24) is 25.5 Å². The number of hydrogen-bond donors (Lipinski definition) is 5. The average Bonchev–Trinajstić information content (AvgIpc) is 3.49. The fraction of sp³-hybridized carbons (Fsp3) is 0.346. The molecule has 0 saturated carbocycles. The molecule has 0 fully saturated rings. The van der Waals surface area contributed by atoms with Gasteiger partial charge in [-0.3, -0.25) is 24.7 Å². The first-order chi connectivity index (χ1) is 18.1. The lowest BCUT2D eigenvalue weighted by atomic mass is 9.91. The lowest BCUT2D eigenvalue weighted by molar-refractivity contribution is -0.123. The molecular weight excluding hydrogens is 488 g/mol. The van der Waals surface area contributed by atoms with Crippen molar-refractivity contribution in [1.29, 1.82) is 0 Å². The highest BCUT2D eigenvalue weighted by molar-refractivity contribution is 6.50. The van der Waals surface area contributed by atoms with Crippen molar-refractivity contribution in [2.75, 3.05) is 45.8 Å². The summed E-state index contributed by atoms with van der Waals surface area (Å²) in [7, 11) is 3.85. The van der Waals surface area contributed by atoms with Crippen molar-refractivity contribution >= 4 is 40.2 Å². The van der Waals surface area contributed by atoms with Gasteiger partial charge < -0.3 is 31.0 Å². The monoisotopic (exact) mass is 520 g/mol. The maximum atomic E-state index is 13.3. The van der Waals surface area contributed by atoms with Crippen LogP contribution in [0, 0.1) is 13.8 Å². The van der Waals surface area contributed by atoms with E-state index in [-0.39, 0.29) is 30.7 Å². The maximum Gasteiger partial charge on any atom is 0.272 e. The van der Waals surface area contributed by atoms with Gasteiger partial charge in [-0.15, -0.1) is 0 Å². The number of nitrogens with one attached hydrogen (secondary N) is 4. The Bertz CT molecular complexity index is 1410. The molecule has 1 unspecified atom stereocenters. The number of aryl methyl sites for hydroxylation is 2. The Morgan fingerprint density at radius 1 is 1.16 bits per heavy atom. The first-order valence-electron chi connectivity index (χ1n) is 12.1. The number of imidazole rings is 1. The Morgan fingerprint density at radius 3 is 2.66 bits per heavy atom. The van der Waals surface area contributed by atoms with Gasteiger partial charge in [0.2, 0.25) is 5.54 Å². The third-order valence-electron chi connectivity index (χ3n) is 6.21. The second-order valence-corrected chi connectivity index (χ2v) is 9.43. The molecule has 0 spiro atoms. The standard InChI is InChI=1S/C26H32N8O4/c1-15-5-7-18(16(2)11-15)31-23(36)22-26(24(27)37,30-14-29-22)25-32-19-8-6-17(12-20(19)33-25)38-13-21(35)28-9-10-34(3)4/h5-8,11-12,30H,9-10,13-14H2,1-4H3,(H2,27,37)(H,28,35)(H,31,36)(H,32,33). The van der Waals surface area contributed by atoms with Gasteiger partial charge in [0.05, 0.1) is 17.7 Å². The lowest BCUT2D eigenvalue weighted by Crippen LogP contribution is -2.58. The van der Waals surface area contributed by atoms with Crippen LogP contribution in [0.3, 0.4) is 0 Å². The molecule has 12 nitrogen and oxygen atoms in total. The smallest absolute Gasteiger partial charge is 0.272 e. The summed E-state index contributed by atoms with van der Waals surface area (Å²) in [6.45, 7) is 4.93. The number of anilines is 1. The molecule has 38 heavy (non-hydrogen) atoms. The SMILES string of the molecule is Cc1ccc(NC(=O)C2=NCNC2(C(N)=O)c2nc3ccc(OCC(=O)NCCN(C)C)cc3[nH]2)c(C)c1. The number of nitrogens with two attached hydrogens (primary N) is 1. The predicted molar refractivity (Wildman–Crippen MR) is 144 cm³/mol. The van der Waals surface area contributed by atoms with Crippen LogP contribution in [-0.2, 0) is 19.9 Å². The van der Waals surface area contributed by atoms with E-state index in [1.54, 1.807) is 24.3 Å². The van der Waals surface area contributed by atoms with E-state index in [9.17, 15) is 14.4 Å². The topological polar surface area (TPSA) is 167 Å². The van der Waals surface area contributed by atoms with Crippen LogP contribution in [-0.4, -0.2) is 78.8 Å². The van der Waals surface area contributed by atoms with Gasteiger partial charge in [0.25, 0.3) is 17.7 Å². The van der Waals surface area contributed by atoms with E-state index in [0.29, 0.717) is 29.0 Å². The number of carbonyl (C=O) groups excluding carboxylic acids is 3. The molecule has 12 heteroatoms. The number of primary amides is 1. The van der Waals surface area contributed by atoms with Crippen molar-refractivity contribution in [2.24, 2.45) is 10.7 Å². The number of H-pyrrole nitrogens is 1. The van der Waals surface area contributed by atoms with Crippen molar-refractivity contribution < 1.29 is 19.1 Å². The van der Waals surface area contributed by atoms with Crippen LogP contribution < -0.4 is 26.4 Å². The molecule has 0 aliphatic carbocycles. The quantitative estimate of drug-likeness (QED) is 0.260. The first-order valence-corrected chi connectivity index (χ1v) is 12.1. The van der Waals surface area contributed by atoms with Gasteiger partial charge in [-0.1, -0.05) is 17.7 Å². The molecule has 3 amide bonds. The molecule has 1 aliphatic heterocycles. The number of aromatic nitrogens is 2. The highest BCUT2D eigenvalue weighted by Crippen LogP contribution is 2.29. The number of ether oxygens (including phenoxy) is 1. The zero-order valence-corrected chi connectivity index (χ0v) is 21.8. The second-order valence-electron chi connectivity index (χ2n) is 9.43. The van der Waals surface area contributed by atoms with Crippen molar-refractivity contribution in [3.8, 4) is 5.75 Å². The van der Waals surface area contributed by atoms with E-state index in [4.69, 9.17) is 10.5 Å². The van der Waals surface area contributed by atoms with Crippen LogP contribution in [0.2, 0.25) is 0 Å². The fourth-order valence-corrected chi connectivity index (χ4v) is 4.21. The van der Waals surface area contributed by atoms with Crippen LogP contribution in [0.25, 0.3) is 11.0 Å². The van der Waals surface area contributed by atoms with Crippen molar-refractivity contribution in [2.45, 2.75) is 19.4 Å². The fourth-order valence-electron chi connectivity index (χ4n) is 4.21. The number of aliphatic imine (C=N–C) groups is 1. The van der Waals surface area contributed by atoms with Gasteiger partial charge in [-0.05, 0) is 51.7 Å². The summed E-state index contributed by atoms with van der Waals surface area (Å²) in [4.78, 5) is 52.0. The number of carbonyl (C=O) groups is 3. The van der Waals surface area contributed by atoms with E-state index in [2.05, 4.69) is 30.9 Å². The minimum atomic E-state index is -1.75. The third kappa shape index (κ3) is 5.50. The average molecular weight is 521 g/mol. The molecule has 200 valence electrons. The Balaban J connectivity index is 1.54.